The van der Waals surface area contributed by atoms with Gasteiger partial charge in [0.05, 0.1) is 20.2 Å². The summed E-state index contributed by atoms with van der Waals surface area (Å²) in [5.74, 6) is -0.226. The summed E-state index contributed by atoms with van der Waals surface area (Å²) in [6.07, 6.45) is 1.45. The third-order valence-corrected chi connectivity index (χ3v) is 6.37. The fourth-order valence-electron chi connectivity index (χ4n) is 2.94. The molecule has 0 bridgehead atoms. The van der Waals surface area contributed by atoms with E-state index in [1.165, 1.54) is 18.3 Å². The molecule has 1 aromatic heterocycles. The number of benzene rings is 3. The minimum absolute atomic E-state index is 0.129. The van der Waals surface area contributed by atoms with Crippen molar-refractivity contribution in [2.75, 3.05) is 0 Å². The van der Waals surface area contributed by atoms with E-state index < -0.39 is 5.91 Å². The van der Waals surface area contributed by atoms with Crippen LogP contribution in [0.3, 0.4) is 0 Å². The summed E-state index contributed by atoms with van der Waals surface area (Å²) in [5, 5.41) is 5.11. The Labute approximate surface area is 218 Å². The lowest BCUT2D eigenvalue weighted by Crippen LogP contribution is -2.16. The van der Waals surface area contributed by atoms with E-state index in [9.17, 15) is 9.18 Å². The number of furan rings is 1. The molecule has 1 N–H and O–H groups in total. The van der Waals surface area contributed by atoms with Crippen molar-refractivity contribution in [1.29, 1.82) is 0 Å². The molecule has 1 amide bonds. The normalized spacial score (nSPS) is 11.3. The van der Waals surface area contributed by atoms with Crippen LogP contribution in [0.25, 0.3) is 11.0 Å². The molecule has 168 valence electrons. The Bertz CT molecular complexity index is 1350. The summed E-state index contributed by atoms with van der Waals surface area (Å²) in [5.41, 5.74) is 4.45. The van der Waals surface area contributed by atoms with Gasteiger partial charge in [0, 0.05) is 9.86 Å². The Kier molecular flexibility index (Phi) is 7.53. The predicted molar refractivity (Wildman–Crippen MR) is 137 cm³/mol. The van der Waals surface area contributed by atoms with Crippen molar-refractivity contribution >= 4 is 82.5 Å². The number of hydrogen-bond donors (Lipinski definition) is 1. The van der Waals surface area contributed by atoms with Gasteiger partial charge in [-0.25, -0.2) is 9.82 Å². The fraction of sp³-hybridized carbons (Fsp3) is 0.0435. The molecular formula is C23H13Br3ClFN2O3. The number of nitrogens with one attached hydrogen (secondary N) is 1. The van der Waals surface area contributed by atoms with Crippen LogP contribution in [0.2, 0.25) is 5.02 Å². The minimum atomic E-state index is -0.491. The number of fused-ring (bicyclic) bond motifs is 1. The highest BCUT2D eigenvalue weighted by Gasteiger charge is 2.14. The highest BCUT2D eigenvalue weighted by atomic mass is 79.9. The molecule has 0 saturated heterocycles. The summed E-state index contributed by atoms with van der Waals surface area (Å²) < 4.78 is 26.6. The second kappa shape index (κ2) is 10.4. The highest BCUT2D eigenvalue weighted by Crippen LogP contribution is 2.35. The van der Waals surface area contributed by atoms with Gasteiger partial charge in [-0.15, -0.1) is 0 Å². The fourth-order valence-corrected chi connectivity index (χ4v) is 5.26. The molecule has 33 heavy (non-hydrogen) atoms. The zero-order valence-electron chi connectivity index (χ0n) is 16.5. The maximum Gasteiger partial charge on any atom is 0.307 e. The number of hydrazone groups is 1. The molecule has 0 saturated carbocycles. The molecule has 0 aliphatic carbocycles. The molecule has 0 spiro atoms. The maximum absolute atomic E-state index is 13.0. The Morgan fingerprint density at radius 2 is 1.85 bits per heavy atom. The number of nitrogens with zero attached hydrogens (tertiary/aromatic N) is 1. The Hall–Kier alpha value is -2.20. The molecule has 1 heterocycles. The monoisotopic (exact) mass is 656 g/mol. The Morgan fingerprint density at radius 3 is 2.58 bits per heavy atom. The molecule has 0 fully saturated rings. The molecule has 0 radical (unpaired) electrons. The number of hydrogen-bond acceptors (Lipinski definition) is 4. The van der Waals surface area contributed by atoms with Gasteiger partial charge in [0.1, 0.15) is 18.0 Å². The van der Waals surface area contributed by atoms with Gasteiger partial charge in [-0.3, -0.25) is 4.79 Å². The largest absolute Gasteiger partial charge is 0.486 e. The van der Waals surface area contributed by atoms with Crippen LogP contribution in [0.5, 0.6) is 5.75 Å². The average molecular weight is 660 g/mol. The number of ether oxygens (including phenoxy) is 1. The lowest BCUT2D eigenvalue weighted by molar-refractivity contribution is 0.0929. The van der Waals surface area contributed by atoms with Gasteiger partial charge in [0.2, 0.25) is 0 Å². The first kappa shape index (κ1) is 23.9. The third kappa shape index (κ3) is 5.84. The van der Waals surface area contributed by atoms with Crippen molar-refractivity contribution in [3.05, 3.63) is 95.7 Å². The summed E-state index contributed by atoms with van der Waals surface area (Å²) in [4.78, 5) is 12.4. The predicted octanol–water partition coefficient (Wildman–Crippen LogP) is 7.86. The van der Waals surface area contributed by atoms with Crippen molar-refractivity contribution in [1.82, 2.24) is 5.43 Å². The van der Waals surface area contributed by atoms with E-state index in [0.29, 0.717) is 26.4 Å². The first-order chi connectivity index (χ1) is 15.8. The van der Waals surface area contributed by atoms with Crippen LogP contribution in [-0.2, 0) is 6.61 Å². The topological polar surface area (TPSA) is 63.8 Å². The minimum Gasteiger partial charge on any atom is -0.486 e. The van der Waals surface area contributed by atoms with Crippen molar-refractivity contribution < 1.29 is 18.3 Å². The zero-order chi connectivity index (χ0) is 23.5. The van der Waals surface area contributed by atoms with E-state index in [2.05, 4.69) is 58.3 Å². The summed E-state index contributed by atoms with van der Waals surface area (Å²) >= 11 is 16.6. The van der Waals surface area contributed by atoms with Gasteiger partial charge < -0.3 is 9.15 Å². The molecule has 0 atom stereocenters. The molecule has 0 unspecified atom stereocenters. The van der Waals surface area contributed by atoms with Crippen molar-refractivity contribution in [3.8, 4) is 5.75 Å². The van der Waals surface area contributed by atoms with Gasteiger partial charge in [-0.2, -0.15) is 5.10 Å². The number of carbonyl (C=O) groups excluding carboxylic acids is 1. The average Bonchev–Trinajstić information content (AvgIpc) is 3.19. The molecular weight excluding hydrogens is 646 g/mol. The van der Waals surface area contributed by atoms with E-state index in [1.54, 1.807) is 30.3 Å². The van der Waals surface area contributed by atoms with Gasteiger partial charge >= 0.3 is 5.91 Å². The summed E-state index contributed by atoms with van der Waals surface area (Å²) in [6.45, 7) is 0.228. The first-order valence-electron chi connectivity index (χ1n) is 9.38. The van der Waals surface area contributed by atoms with E-state index in [1.807, 2.05) is 12.1 Å². The Morgan fingerprint density at radius 1 is 1.09 bits per heavy atom. The van der Waals surface area contributed by atoms with Crippen LogP contribution < -0.4 is 10.2 Å². The SMILES string of the molecule is O=C(N/N=C\c1cc(Cl)c(OCc2ccc(F)cc2)c(Br)c1)c1cc2cc(Br)cc(Br)c2o1. The smallest absolute Gasteiger partial charge is 0.307 e. The molecule has 10 heteroatoms. The molecule has 3 aromatic carbocycles. The number of halogens is 5. The molecule has 0 aliphatic heterocycles. The van der Waals surface area contributed by atoms with Crippen LogP contribution in [0, 0.1) is 5.82 Å². The zero-order valence-corrected chi connectivity index (χ0v) is 22.1. The van der Waals surface area contributed by atoms with E-state index in [-0.39, 0.29) is 18.2 Å². The molecule has 0 aliphatic rings. The molecule has 5 nitrogen and oxygen atoms in total. The van der Waals surface area contributed by atoms with Gasteiger partial charge in [-0.1, -0.05) is 39.7 Å². The first-order valence-corrected chi connectivity index (χ1v) is 12.1. The van der Waals surface area contributed by atoms with Crippen LogP contribution in [0.15, 0.2) is 77.5 Å². The molecule has 4 rings (SSSR count). The highest BCUT2D eigenvalue weighted by molar-refractivity contribution is 9.11. The number of carbonyl (C=O) groups is 1. The summed E-state index contributed by atoms with van der Waals surface area (Å²) in [6, 6.07) is 14.7. The molecule has 4 aromatic rings. The van der Waals surface area contributed by atoms with Crippen molar-refractivity contribution in [2.24, 2.45) is 5.10 Å². The van der Waals surface area contributed by atoms with Crippen LogP contribution in [0.1, 0.15) is 21.7 Å². The number of rotatable bonds is 6. The number of amides is 1. The standard InChI is InChI=1S/C23H13Br3ClFN2O3/c24-15-7-14-8-20(33-21(14)18(26)9-15)23(31)30-29-10-13-5-17(25)22(19(27)6-13)32-11-12-1-3-16(28)4-2-12/h1-10H,11H2,(H,30,31)/b29-10-. The van der Waals surface area contributed by atoms with Gasteiger partial charge in [0.15, 0.2) is 11.5 Å². The van der Waals surface area contributed by atoms with Crippen molar-refractivity contribution in [3.63, 3.8) is 0 Å². The van der Waals surface area contributed by atoms with Crippen LogP contribution in [0.4, 0.5) is 4.39 Å². The lowest BCUT2D eigenvalue weighted by Gasteiger charge is -2.11. The maximum atomic E-state index is 13.0. The van der Waals surface area contributed by atoms with Gasteiger partial charge in [-0.05, 0) is 85.5 Å². The quantitative estimate of drug-likeness (QED) is 0.169. The lowest BCUT2D eigenvalue weighted by atomic mass is 10.2. The second-order valence-electron chi connectivity index (χ2n) is 6.84. The van der Waals surface area contributed by atoms with Crippen LogP contribution >= 0.6 is 59.4 Å². The van der Waals surface area contributed by atoms with Crippen LogP contribution in [-0.4, -0.2) is 12.1 Å². The Balaban J connectivity index is 1.42. The van der Waals surface area contributed by atoms with E-state index in [4.69, 9.17) is 20.8 Å². The van der Waals surface area contributed by atoms with Crippen molar-refractivity contribution in [2.45, 2.75) is 6.61 Å². The van der Waals surface area contributed by atoms with Gasteiger partial charge in [0.25, 0.3) is 0 Å². The van der Waals surface area contributed by atoms with E-state index >= 15 is 0 Å². The third-order valence-electron chi connectivity index (χ3n) is 4.46. The van der Waals surface area contributed by atoms with E-state index in [0.717, 1.165) is 19.9 Å². The summed E-state index contributed by atoms with van der Waals surface area (Å²) in [7, 11) is 0. The second-order valence-corrected chi connectivity index (χ2v) is 9.88.